The van der Waals surface area contributed by atoms with Crippen LogP contribution in [0, 0.1) is 0 Å². The molecular formula is C18H19Cl2N3O2. The van der Waals surface area contributed by atoms with Crippen molar-refractivity contribution in [1.29, 1.82) is 0 Å². The number of hydrogen-bond acceptors (Lipinski definition) is 4. The maximum atomic E-state index is 12.3. The minimum atomic E-state index is -0.0477. The first kappa shape index (κ1) is 18.0. The first-order chi connectivity index (χ1) is 12.1. The highest BCUT2D eigenvalue weighted by atomic mass is 35.5. The molecule has 0 unspecified atom stereocenters. The molecule has 1 aliphatic heterocycles. The van der Waals surface area contributed by atoms with Crippen molar-refractivity contribution in [3.8, 4) is 5.75 Å². The first-order valence-corrected chi connectivity index (χ1v) is 8.85. The quantitative estimate of drug-likeness (QED) is 0.800. The lowest BCUT2D eigenvalue weighted by atomic mass is 10.2. The van der Waals surface area contributed by atoms with Gasteiger partial charge in [0.05, 0.1) is 10.7 Å². The van der Waals surface area contributed by atoms with Crippen LogP contribution in [0.4, 0.5) is 0 Å². The molecule has 1 aromatic carbocycles. The van der Waals surface area contributed by atoms with E-state index in [1.165, 1.54) is 0 Å². The number of pyridine rings is 1. The molecule has 0 atom stereocenters. The molecule has 2 heterocycles. The fraction of sp³-hybridized carbons (Fsp3) is 0.333. The Labute approximate surface area is 157 Å². The molecule has 7 heteroatoms. The van der Waals surface area contributed by atoms with Crippen molar-refractivity contribution >= 4 is 29.1 Å². The number of benzene rings is 1. The van der Waals surface area contributed by atoms with Crippen LogP contribution in [0.25, 0.3) is 0 Å². The number of ether oxygens (including phenoxy) is 1. The monoisotopic (exact) mass is 379 g/mol. The number of halogens is 2. The molecule has 0 saturated carbocycles. The summed E-state index contributed by atoms with van der Waals surface area (Å²) in [5.74, 6) is 0.379. The number of piperazine rings is 1. The molecule has 3 rings (SSSR count). The summed E-state index contributed by atoms with van der Waals surface area (Å²) in [6.07, 6.45) is 1.80. The summed E-state index contributed by atoms with van der Waals surface area (Å²) in [5, 5.41) is 0.965. The molecule has 1 saturated heterocycles. The number of rotatable bonds is 5. The van der Waals surface area contributed by atoms with Gasteiger partial charge in [0.15, 0.2) is 6.61 Å². The summed E-state index contributed by atoms with van der Waals surface area (Å²) < 4.78 is 5.52. The molecule has 25 heavy (non-hydrogen) atoms. The van der Waals surface area contributed by atoms with Crippen LogP contribution < -0.4 is 4.74 Å². The second-order valence-corrected chi connectivity index (χ2v) is 6.69. The van der Waals surface area contributed by atoms with Crippen molar-refractivity contribution in [3.05, 3.63) is 58.3 Å². The van der Waals surface area contributed by atoms with E-state index in [1.54, 1.807) is 24.4 Å². The zero-order valence-corrected chi connectivity index (χ0v) is 15.2. The number of carbonyl (C=O) groups is 1. The molecule has 1 aromatic heterocycles. The maximum absolute atomic E-state index is 12.3. The van der Waals surface area contributed by atoms with E-state index in [0.717, 1.165) is 25.3 Å². The lowest BCUT2D eigenvalue weighted by Crippen LogP contribution is -2.49. The van der Waals surface area contributed by atoms with Gasteiger partial charge in [0, 0.05) is 50.0 Å². The Morgan fingerprint density at radius 3 is 2.64 bits per heavy atom. The largest absolute Gasteiger partial charge is 0.482 e. The molecule has 2 aromatic rings. The van der Waals surface area contributed by atoms with E-state index >= 15 is 0 Å². The highest BCUT2D eigenvalue weighted by Crippen LogP contribution is 2.27. The number of hydrogen-bond donors (Lipinski definition) is 0. The Hall–Kier alpha value is -1.82. The standard InChI is InChI=1S/C18H19Cl2N3O2/c19-14-4-5-16(20)17(11-14)25-13-18(24)23-9-7-22(8-10-23)12-15-3-1-2-6-21-15/h1-6,11H,7-10,12-13H2. The Morgan fingerprint density at radius 2 is 1.92 bits per heavy atom. The second-order valence-electron chi connectivity index (χ2n) is 5.84. The average Bonchev–Trinajstić information content (AvgIpc) is 2.64. The summed E-state index contributed by atoms with van der Waals surface area (Å²) in [6.45, 7) is 3.76. The molecule has 1 amide bonds. The average molecular weight is 380 g/mol. The normalized spacial score (nSPS) is 15.2. The van der Waals surface area contributed by atoms with Crippen molar-refractivity contribution in [3.63, 3.8) is 0 Å². The molecule has 1 fully saturated rings. The van der Waals surface area contributed by atoms with Gasteiger partial charge in [-0.25, -0.2) is 0 Å². The van der Waals surface area contributed by atoms with Crippen molar-refractivity contribution < 1.29 is 9.53 Å². The predicted octanol–water partition coefficient (Wildman–Crippen LogP) is 3.11. The maximum Gasteiger partial charge on any atom is 0.260 e. The topological polar surface area (TPSA) is 45.7 Å². The van der Waals surface area contributed by atoms with E-state index in [-0.39, 0.29) is 12.5 Å². The van der Waals surface area contributed by atoms with Crippen LogP contribution in [0.1, 0.15) is 5.69 Å². The van der Waals surface area contributed by atoms with Gasteiger partial charge in [0.25, 0.3) is 5.91 Å². The molecule has 0 bridgehead atoms. The summed E-state index contributed by atoms with van der Waals surface area (Å²) in [5.41, 5.74) is 1.04. The SMILES string of the molecule is O=C(COc1cc(Cl)ccc1Cl)N1CCN(Cc2ccccn2)CC1. The van der Waals surface area contributed by atoms with Gasteiger partial charge in [0.1, 0.15) is 5.75 Å². The van der Waals surface area contributed by atoms with Gasteiger partial charge in [-0.1, -0.05) is 29.3 Å². The molecule has 0 spiro atoms. The van der Waals surface area contributed by atoms with Crippen LogP contribution in [0.15, 0.2) is 42.6 Å². The first-order valence-electron chi connectivity index (χ1n) is 8.10. The number of nitrogens with zero attached hydrogens (tertiary/aromatic N) is 3. The molecule has 0 radical (unpaired) electrons. The minimum Gasteiger partial charge on any atom is -0.482 e. The molecule has 0 aliphatic carbocycles. The van der Waals surface area contributed by atoms with Gasteiger partial charge in [0.2, 0.25) is 0 Å². The Morgan fingerprint density at radius 1 is 1.12 bits per heavy atom. The zero-order valence-electron chi connectivity index (χ0n) is 13.7. The van der Waals surface area contributed by atoms with Gasteiger partial charge >= 0.3 is 0 Å². The van der Waals surface area contributed by atoms with Gasteiger partial charge < -0.3 is 9.64 Å². The Kier molecular flexibility index (Phi) is 6.13. The third-order valence-electron chi connectivity index (χ3n) is 4.08. The third-order valence-corrected chi connectivity index (χ3v) is 4.63. The van der Waals surface area contributed by atoms with Crippen LogP contribution in [-0.2, 0) is 11.3 Å². The summed E-state index contributed by atoms with van der Waals surface area (Å²) in [6, 6.07) is 10.9. The van der Waals surface area contributed by atoms with Gasteiger partial charge in [-0.3, -0.25) is 14.7 Å². The van der Waals surface area contributed by atoms with E-state index in [0.29, 0.717) is 28.9 Å². The van der Waals surface area contributed by atoms with Crippen molar-refractivity contribution in [2.75, 3.05) is 32.8 Å². The third kappa shape index (κ3) is 5.08. The summed E-state index contributed by atoms with van der Waals surface area (Å²) in [7, 11) is 0. The van der Waals surface area contributed by atoms with Gasteiger partial charge in [-0.05, 0) is 24.3 Å². The molecule has 1 aliphatic rings. The lowest BCUT2D eigenvalue weighted by Gasteiger charge is -2.34. The van der Waals surface area contributed by atoms with E-state index in [9.17, 15) is 4.79 Å². The van der Waals surface area contributed by atoms with E-state index in [1.807, 2.05) is 23.1 Å². The van der Waals surface area contributed by atoms with E-state index in [4.69, 9.17) is 27.9 Å². The summed E-state index contributed by atoms with van der Waals surface area (Å²) in [4.78, 5) is 20.8. The van der Waals surface area contributed by atoms with Crippen LogP contribution in [0.2, 0.25) is 10.0 Å². The van der Waals surface area contributed by atoms with Gasteiger partial charge in [-0.2, -0.15) is 0 Å². The fourth-order valence-electron chi connectivity index (χ4n) is 2.69. The van der Waals surface area contributed by atoms with Crippen LogP contribution in [0.3, 0.4) is 0 Å². The molecule has 0 N–H and O–H groups in total. The summed E-state index contributed by atoms with van der Waals surface area (Å²) >= 11 is 12.0. The van der Waals surface area contributed by atoms with Crippen LogP contribution in [-0.4, -0.2) is 53.5 Å². The lowest BCUT2D eigenvalue weighted by molar-refractivity contribution is -0.135. The fourth-order valence-corrected chi connectivity index (χ4v) is 3.03. The Balaban J connectivity index is 1.46. The smallest absolute Gasteiger partial charge is 0.260 e. The van der Waals surface area contributed by atoms with Crippen molar-refractivity contribution in [2.45, 2.75) is 6.54 Å². The molecule has 5 nitrogen and oxygen atoms in total. The number of carbonyl (C=O) groups excluding carboxylic acids is 1. The van der Waals surface area contributed by atoms with E-state index < -0.39 is 0 Å². The van der Waals surface area contributed by atoms with E-state index in [2.05, 4.69) is 9.88 Å². The van der Waals surface area contributed by atoms with Crippen molar-refractivity contribution in [2.24, 2.45) is 0 Å². The predicted molar refractivity (Wildman–Crippen MR) is 98.1 cm³/mol. The second kappa shape index (κ2) is 8.52. The van der Waals surface area contributed by atoms with Crippen LogP contribution >= 0.6 is 23.2 Å². The van der Waals surface area contributed by atoms with Crippen LogP contribution in [0.5, 0.6) is 5.75 Å². The minimum absolute atomic E-state index is 0.0414. The van der Waals surface area contributed by atoms with Crippen molar-refractivity contribution in [1.82, 2.24) is 14.8 Å². The molecular weight excluding hydrogens is 361 g/mol. The number of amides is 1. The zero-order chi connectivity index (χ0) is 17.6. The highest BCUT2D eigenvalue weighted by molar-refractivity contribution is 6.34. The Bertz CT molecular complexity index is 720. The highest BCUT2D eigenvalue weighted by Gasteiger charge is 2.21. The molecule has 132 valence electrons. The van der Waals surface area contributed by atoms with Gasteiger partial charge in [-0.15, -0.1) is 0 Å². The number of aromatic nitrogens is 1.